The fraction of sp³-hybridized carbons (Fsp3) is 0.571. The van der Waals surface area contributed by atoms with E-state index < -0.39 is 0 Å². The molecule has 1 N–H and O–H groups in total. The summed E-state index contributed by atoms with van der Waals surface area (Å²) in [7, 11) is 0. The number of piperazine rings is 1. The predicted molar refractivity (Wildman–Crippen MR) is 76.2 cm³/mol. The van der Waals surface area contributed by atoms with Crippen molar-refractivity contribution in [1.29, 1.82) is 0 Å². The highest BCUT2D eigenvalue weighted by atomic mass is 16.2. The number of amides is 1. The van der Waals surface area contributed by atoms with Crippen LogP contribution < -0.4 is 10.2 Å². The Balaban J connectivity index is 1.81. The maximum atomic E-state index is 12.0. The van der Waals surface area contributed by atoms with Crippen molar-refractivity contribution >= 4 is 11.7 Å². The molecule has 5 nitrogen and oxygen atoms in total. The fourth-order valence-corrected chi connectivity index (χ4v) is 2.13. The van der Waals surface area contributed by atoms with Crippen molar-refractivity contribution in [1.82, 2.24) is 15.2 Å². The van der Waals surface area contributed by atoms with Gasteiger partial charge in [0.25, 0.3) is 0 Å². The average molecular weight is 262 g/mol. The van der Waals surface area contributed by atoms with Gasteiger partial charge in [-0.3, -0.25) is 4.79 Å². The van der Waals surface area contributed by atoms with Crippen LogP contribution in [-0.4, -0.2) is 54.6 Å². The molecule has 1 saturated heterocycles. The van der Waals surface area contributed by atoms with Crippen LogP contribution in [0.25, 0.3) is 0 Å². The molecule has 0 aliphatic carbocycles. The Labute approximate surface area is 114 Å². The average Bonchev–Trinajstić information content (AvgIpc) is 2.46. The third kappa shape index (κ3) is 3.92. The topological polar surface area (TPSA) is 48.5 Å². The van der Waals surface area contributed by atoms with Gasteiger partial charge in [0.1, 0.15) is 5.82 Å². The molecule has 2 heterocycles. The van der Waals surface area contributed by atoms with Gasteiger partial charge >= 0.3 is 0 Å². The van der Waals surface area contributed by atoms with Crippen LogP contribution in [0.1, 0.15) is 13.8 Å². The van der Waals surface area contributed by atoms with E-state index in [1.165, 1.54) is 0 Å². The summed E-state index contributed by atoms with van der Waals surface area (Å²) >= 11 is 0. The Morgan fingerprint density at radius 2 is 2.05 bits per heavy atom. The minimum Gasteiger partial charge on any atom is -0.353 e. The first-order valence-corrected chi connectivity index (χ1v) is 6.84. The largest absolute Gasteiger partial charge is 0.353 e. The summed E-state index contributed by atoms with van der Waals surface area (Å²) in [6.07, 6.45) is 1.80. The molecule has 0 atom stereocenters. The summed E-state index contributed by atoms with van der Waals surface area (Å²) in [6.45, 7) is 7.78. The van der Waals surface area contributed by atoms with Gasteiger partial charge < -0.3 is 15.1 Å². The molecule has 1 aromatic heterocycles. The van der Waals surface area contributed by atoms with Gasteiger partial charge in [-0.2, -0.15) is 0 Å². The molecule has 1 fully saturated rings. The van der Waals surface area contributed by atoms with Gasteiger partial charge in [-0.25, -0.2) is 4.98 Å². The maximum absolute atomic E-state index is 12.0. The smallest absolute Gasteiger partial charge is 0.236 e. The van der Waals surface area contributed by atoms with Crippen LogP contribution in [0.15, 0.2) is 24.4 Å². The maximum Gasteiger partial charge on any atom is 0.236 e. The number of carbonyl (C=O) groups is 1. The van der Waals surface area contributed by atoms with Gasteiger partial charge in [-0.1, -0.05) is 19.9 Å². The second-order valence-corrected chi connectivity index (χ2v) is 5.09. The van der Waals surface area contributed by atoms with Crippen LogP contribution >= 0.6 is 0 Å². The van der Waals surface area contributed by atoms with E-state index in [0.717, 1.165) is 32.0 Å². The molecule has 1 amide bonds. The zero-order chi connectivity index (χ0) is 13.7. The van der Waals surface area contributed by atoms with Crippen molar-refractivity contribution in [2.24, 2.45) is 0 Å². The third-order valence-electron chi connectivity index (χ3n) is 3.27. The normalized spacial score (nSPS) is 15.9. The highest BCUT2D eigenvalue weighted by Crippen LogP contribution is 2.12. The molecule has 1 aliphatic rings. The van der Waals surface area contributed by atoms with Crippen molar-refractivity contribution < 1.29 is 4.79 Å². The number of pyridine rings is 1. The molecule has 0 aromatic carbocycles. The van der Waals surface area contributed by atoms with E-state index >= 15 is 0 Å². The van der Waals surface area contributed by atoms with Crippen molar-refractivity contribution in [3.8, 4) is 0 Å². The Bertz CT molecular complexity index is 399. The van der Waals surface area contributed by atoms with Gasteiger partial charge in [-0.05, 0) is 12.1 Å². The van der Waals surface area contributed by atoms with Gasteiger partial charge in [0.05, 0.1) is 6.54 Å². The van der Waals surface area contributed by atoms with Crippen molar-refractivity contribution in [2.75, 3.05) is 37.6 Å². The molecule has 104 valence electrons. The molecule has 1 aromatic rings. The third-order valence-corrected chi connectivity index (χ3v) is 3.27. The van der Waals surface area contributed by atoms with Crippen LogP contribution in [0.5, 0.6) is 0 Å². The zero-order valence-corrected chi connectivity index (χ0v) is 11.7. The molecule has 0 unspecified atom stereocenters. The quantitative estimate of drug-likeness (QED) is 0.869. The zero-order valence-electron chi connectivity index (χ0n) is 11.7. The lowest BCUT2D eigenvalue weighted by Gasteiger charge is -2.35. The first kappa shape index (κ1) is 13.8. The Morgan fingerprint density at radius 1 is 1.32 bits per heavy atom. The molecule has 19 heavy (non-hydrogen) atoms. The first-order valence-electron chi connectivity index (χ1n) is 6.84. The van der Waals surface area contributed by atoms with Crippen LogP contribution in [0, 0.1) is 0 Å². The molecule has 5 heteroatoms. The van der Waals surface area contributed by atoms with E-state index in [1.54, 1.807) is 6.20 Å². The Morgan fingerprint density at radius 3 is 2.63 bits per heavy atom. The standard InChI is InChI=1S/C14H22N4O/c1-12(2)16-11-14(19)18-9-7-17(8-10-18)13-5-3-4-6-15-13/h3-6,12,16H,7-11H2,1-2H3. The van der Waals surface area contributed by atoms with E-state index in [2.05, 4.69) is 15.2 Å². The number of anilines is 1. The Kier molecular flexibility index (Phi) is 4.74. The molecule has 0 saturated carbocycles. The van der Waals surface area contributed by atoms with Crippen molar-refractivity contribution in [2.45, 2.75) is 19.9 Å². The van der Waals surface area contributed by atoms with Crippen LogP contribution in [0.4, 0.5) is 5.82 Å². The van der Waals surface area contributed by atoms with Crippen LogP contribution in [0.3, 0.4) is 0 Å². The molecule has 0 radical (unpaired) electrons. The summed E-state index contributed by atoms with van der Waals surface area (Å²) in [5, 5.41) is 3.17. The lowest BCUT2D eigenvalue weighted by Crippen LogP contribution is -2.51. The van der Waals surface area contributed by atoms with Gasteiger partial charge in [0.15, 0.2) is 0 Å². The summed E-state index contributed by atoms with van der Waals surface area (Å²) < 4.78 is 0. The lowest BCUT2D eigenvalue weighted by atomic mass is 10.3. The number of hydrogen-bond donors (Lipinski definition) is 1. The number of nitrogens with zero attached hydrogens (tertiary/aromatic N) is 3. The SMILES string of the molecule is CC(C)NCC(=O)N1CCN(c2ccccn2)CC1. The summed E-state index contributed by atoms with van der Waals surface area (Å²) in [4.78, 5) is 20.5. The highest BCUT2D eigenvalue weighted by molar-refractivity contribution is 5.78. The van der Waals surface area contributed by atoms with Crippen LogP contribution in [0.2, 0.25) is 0 Å². The summed E-state index contributed by atoms with van der Waals surface area (Å²) in [6, 6.07) is 6.27. The number of hydrogen-bond acceptors (Lipinski definition) is 4. The van der Waals surface area contributed by atoms with Crippen molar-refractivity contribution in [3.63, 3.8) is 0 Å². The first-order chi connectivity index (χ1) is 9.16. The van der Waals surface area contributed by atoms with E-state index in [0.29, 0.717) is 12.6 Å². The number of carbonyl (C=O) groups excluding carboxylic acids is 1. The van der Waals surface area contributed by atoms with Gasteiger partial charge in [0.2, 0.25) is 5.91 Å². The van der Waals surface area contributed by atoms with Crippen LogP contribution in [-0.2, 0) is 4.79 Å². The van der Waals surface area contributed by atoms with E-state index in [4.69, 9.17) is 0 Å². The fourth-order valence-electron chi connectivity index (χ4n) is 2.13. The Hall–Kier alpha value is -1.62. The van der Waals surface area contributed by atoms with E-state index in [1.807, 2.05) is 36.9 Å². The number of rotatable bonds is 4. The predicted octanol–water partition coefficient (Wildman–Crippen LogP) is 0.728. The minimum absolute atomic E-state index is 0.189. The molecule has 0 spiro atoms. The molecular weight excluding hydrogens is 240 g/mol. The number of aromatic nitrogens is 1. The van der Waals surface area contributed by atoms with Gasteiger partial charge in [0, 0.05) is 38.4 Å². The molecular formula is C14H22N4O. The second-order valence-electron chi connectivity index (χ2n) is 5.09. The monoisotopic (exact) mass is 262 g/mol. The van der Waals surface area contributed by atoms with Gasteiger partial charge in [-0.15, -0.1) is 0 Å². The minimum atomic E-state index is 0.189. The van der Waals surface area contributed by atoms with Crippen molar-refractivity contribution in [3.05, 3.63) is 24.4 Å². The number of nitrogens with one attached hydrogen (secondary N) is 1. The molecule has 2 rings (SSSR count). The molecule has 1 aliphatic heterocycles. The second kappa shape index (κ2) is 6.52. The van der Waals surface area contributed by atoms with E-state index in [9.17, 15) is 4.79 Å². The highest BCUT2D eigenvalue weighted by Gasteiger charge is 2.21. The molecule has 0 bridgehead atoms. The lowest BCUT2D eigenvalue weighted by molar-refractivity contribution is -0.130. The summed E-state index contributed by atoms with van der Waals surface area (Å²) in [5.41, 5.74) is 0. The van der Waals surface area contributed by atoms with E-state index in [-0.39, 0.29) is 5.91 Å². The summed E-state index contributed by atoms with van der Waals surface area (Å²) in [5.74, 6) is 1.18.